The molecular formula is C15H22NO2+. The zero-order chi connectivity index (χ0) is 12.8. The standard InChI is InChI=1S/C15H21NO2/c1-18-15(17)14(13-9-5-4-6-10-13)16-11-7-2-3-8-12-16/h4-6,9-10,14H,2-3,7-8,11-12H2,1H3/p+1/t14-/m0/s1. The molecule has 1 heterocycles. The lowest BCUT2D eigenvalue weighted by Gasteiger charge is -2.25. The number of benzene rings is 1. The van der Waals surface area contributed by atoms with Gasteiger partial charge in [0.25, 0.3) is 0 Å². The fourth-order valence-electron chi connectivity index (χ4n) is 2.77. The van der Waals surface area contributed by atoms with E-state index in [1.165, 1.54) is 37.7 Å². The van der Waals surface area contributed by atoms with E-state index in [9.17, 15) is 4.79 Å². The minimum atomic E-state index is -0.158. The topological polar surface area (TPSA) is 30.7 Å². The molecule has 0 unspecified atom stereocenters. The summed E-state index contributed by atoms with van der Waals surface area (Å²) in [5.41, 5.74) is 1.07. The zero-order valence-corrected chi connectivity index (χ0v) is 11.0. The number of carbonyl (C=O) groups excluding carboxylic acids is 1. The van der Waals surface area contributed by atoms with E-state index in [0.717, 1.165) is 18.7 Å². The second-order valence-corrected chi connectivity index (χ2v) is 4.94. The molecule has 0 amide bonds. The van der Waals surface area contributed by atoms with Crippen LogP contribution in [-0.4, -0.2) is 26.2 Å². The third kappa shape index (κ3) is 3.10. The molecule has 3 nitrogen and oxygen atoms in total. The van der Waals surface area contributed by atoms with Gasteiger partial charge in [-0.05, 0) is 25.7 Å². The van der Waals surface area contributed by atoms with Crippen LogP contribution >= 0.6 is 0 Å². The molecule has 1 saturated heterocycles. The van der Waals surface area contributed by atoms with Gasteiger partial charge in [-0.3, -0.25) is 0 Å². The van der Waals surface area contributed by atoms with Gasteiger partial charge in [0.2, 0.25) is 6.04 Å². The number of rotatable bonds is 3. The molecule has 0 bridgehead atoms. The average Bonchev–Trinajstić information content (AvgIpc) is 2.69. The molecule has 1 aromatic rings. The number of quaternary nitrogens is 1. The van der Waals surface area contributed by atoms with E-state index in [-0.39, 0.29) is 12.0 Å². The van der Waals surface area contributed by atoms with Crippen LogP contribution in [0.15, 0.2) is 30.3 Å². The molecule has 2 rings (SSSR count). The maximum Gasteiger partial charge on any atom is 0.369 e. The van der Waals surface area contributed by atoms with E-state index in [1.807, 2.05) is 30.3 Å². The van der Waals surface area contributed by atoms with Crippen molar-refractivity contribution in [1.82, 2.24) is 0 Å². The lowest BCUT2D eigenvalue weighted by atomic mass is 10.1. The van der Waals surface area contributed by atoms with E-state index in [1.54, 1.807) is 0 Å². The molecule has 0 aromatic heterocycles. The number of ether oxygens (including phenoxy) is 1. The van der Waals surface area contributed by atoms with Crippen LogP contribution in [0.25, 0.3) is 0 Å². The van der Waals surface area contributed by atoms with Crippen molar-refractivity contribution in [3.05, 3.63) is 35.9 Å². The maximum absolute atomic E-state index is 12.1. The average molecular weight is 248 g/mol. The molecule has 98 valence electrons. The van der Waals surface area contributed by atoms with Gasteiger partial charge in [0.05, 0.1) is 20.2 Å². The van der Waals surface area contributed by atoms with Crippen LogP contribution in [0.4, 0.5) is 0 Å². The second kappa shape index (κ2) is 6.55. The molecule has 1 aromatic carbocycles. The summed E-state index contributed by atoms with van der Waals surface area (Å²) in [5.74, 6) is -0.113. The van der Waals surface area contributed by atoms with Crippen LogP contribution in [0.3, 0.4) is 0 Å². The smallest absolute Gasteiger partial charge is 0.369 e. The number of hydrogen-bond donors (Lipinski definition) is 1. The van der Waals surface area contributed by atoms with Gasteiger partial charge in [-0.1, -0.05) is 30.3 Å². The van der Waals surface area contributed by atoms with Crippen molar-refractivity contribution in [2.24, 2.45) is 0 Å². The Bertz CT molecular complexity index is 369. The van der Waals surface area contributed by atoms with Crippen LogP contribution in [-0.2, 0) is 9.53 Å². The second-order valence-electron chi connectivity index (χ2n) is 4.94. The van der Waals surface area contributed by atoms with Crippen molar-refractivity contribution < 1.29 is 14.4 Å². The van der Waals surface area contributed by atoms with Crippen LogP contribution in [0.2, 0.25) is 0 Å². The first-order chi connectivity index (χ1) is 8.83. The van der Waals surface area contributed by atoms with E-state index >= 15 is 0 Å². The summed E-state index contributed by atoms with van der Waals surface area (Å²) in [6.45, 7) is 2.13. The summed E-state index contributed by atoms with van der Waals surface area (Å²) in [5, 5.41) is 0. The fourth-order valence-corrected chi connectivity index (χ4v) is 2.77. The lowest BCUT2D eigenvalue weighted by Crippen LogP contribution is -3.13. The van der Waals surface area contributed by atoms with E-state index < -0.39 is 0 Å². The summed E-state index contributed by atoms with van der Waals surface area (Å²) in [4.78, 5) is 13.4. The highest BCUT2D eigenvalue weighted by Gasteiger charge is 2.32. The van der Waals surface area contributed by atoms with E-state index in [2.05, 4.69) is 0 Å². The highest BCUT2D eigenvalue weighted by atomic mass is 16.5. The van der Waals surface area contributed by atoms with Crippen LogP contribution < -0.4 is 4.90 Å². The fraction of sp³-hybridized carbons (Fsp3) is 0.533. The van der Waals surface area contributed by atoms with Gasteiger partial charge >= 0.3 is 5.97 Å². The molecule has 0 aliphatic carbocycles. The minimum Gasteiger partial charge on any atom is -0.464 e. The van der Waals surface area contributed by atoms with Crippen LogP contribution in [0.1, 0.15) is 37.3 Å². The van der Waals surface area contributed by atoms with Crippen molar-refractivity contribution in [2.75, 3.05) is 20.2 Å². The van der Waals surface area contributed by atoms with E-state index in [4.69, 9.17) is 4.74 Å². The Balaban J connectivity index is 2.21. The molecule has 1 atom stereocenters. The number of likely N-dealkylation sites (tertiary alicyclic amines) is 1. The highest BCUT2D eigenvalue weighted by molar-refractivity contribution is 5.75. The number of esters is 1. The van der Waals surface area contributed by atoms with Crippen molar-refractivity contribution in [3.63, 3.8) is 0 Å². The first kappa shape index (κ1) is 13.1. The van der Waals surface area contributed by atoms with Crippen LogP contribution in [0.5, 0.6) is 0 Å². The number of hydrogen-bond acceptors (Lipinski definition) is 2. The summed E-state index contributed by atoms with van der Waals surface area (Å²) >= 11 is 0. The monoisotopic (exact) mass is 248 g/mol. The van der Waals surface area contributed by atoms with Gasteiger partial charge in [-0.25, -0.2) is 4.79 Å². The summed E-state index contributed by atoms with van der Waals surface area (Å²) in [6, 6.07) is 9.86. The Morgan fingerprint density at radius 1 is 1.11 bits per heavy atom. The minimum absolute atomic E-state index is 0.113. The van der Waals surface area contributed by atoms with Gasteiger partial charge in [0, 0.05) is 5.56 Å². The molecule has 18 heavy (non-hydrogen) atoms. The molecular weight excluding hydrogens is 226 g/mol. The Morgan fingerprint density at radius 2 is 1.72 bits per heavy atom. The molecule has 1 aliphatic rings. The van der Waals surface area contributed by atoms with Gasteiger partial charge in [0.1, 0.15) is 0 Å². The van der Waals surface area contributed by atoms with Crippen LogP contribution in [0, 0.1) is 0 Å². The number of carbonyl (C=O) groups is 1. The van der Waals surface area contributed by atoms with Crippen molar-refractivity contribution in [1.29, 1.82) is 0 Å². The molecule has 1 aliphatic heterocycles. The molecule has 1 N–H and O–H groups in total. The Labute approximate surface area is 109 Å². The predicted molar refractivity (Wildman–Crippen MR) is 70.4 cm³/mol. The van der Waals surface area contributed by atoms with Crippen molar-refractivity contribution in [3.8, 4) is 0 Å². The van der Waals surface area contributed by atoms with Gasteiger partial charge in [0.15, 0.2) is 0 Å². The molecule has 0 radical (unpaired) electrons. The summed E-state index contributed by atoms with van der Waals surface area (Å²) in [6.07, 6.45) is 4.98. The van der Waals surface area contributed by atoms with Crippen molar-refractivity contribution in [2.45, 2.75) is 31.7 Å². The molecule has 0 saturated carbocycles. The lowest BCUT2D eigenvalue weighted by molar-refractivity contribution is -0.922. The Morgan fingerprint density at radius 3 is 2.28 bits per heavy atom. The quantitative estimate of drug-likeness (QED) is 0.819. The third-order valence-corrected chi connectivity index (χ3v) is 3.72. The first-order valence-corrected chi connectivity index (χ1v) is 6.80. The number of nitrogens with one attached hydrogen (secondary N) is 1. The molecule has 3 heteroatoms. The first-order valence-electron chi connectivity index (χ1n) is 6.80. The number of methoxy groups -OCH3 is 1. The normalized spacial score (nSPS) is 18.9. The van der Waals surface area contributed by atoms with Gasteiger partial charge in [-0.2, -0.15) is 0 Å². The largest absolute Gasteiger partial charge is 0.464 e. The summed E-state index contributed by atoms with van der Waals surface area (Å²) < 4.78 is 5.00. The van der Waals surface area contributed by atoms with Gasteiger partial charge < -0.3 is 9.64 Å². The maximum atomic E-state index is 12.1. The SMILES string of the molecule is COC(=O)[C@H](c1ccccc1)[NH+]1CCCCCC1. The highest BCUT2D eigenvalue weighted by Crippen LogP contribution is 2.12. The predicted octanol–water partition coefficient (Wildman–Crippen LogP) is 1.36. The molecule has 0 spiro atoms. The Kier molecular flexibility index (Phi) is 4.76. The third-order valence-electron chi connectivity index (χ3n) is 3.72. The molecule has 1 fully saturated rings. The van der Waals surface area contributed by atoms with Gasteiger partial charge in [-0.15, -0.1) is 0 Å². The van der Waals surface area contributed by atoms with E-state index in [0.29, 0.717) is 0 Å². The van der Waals surface area contributed by atoms with Crippen molar-refractivity contribution >= 4 is 5.97 Å². The zero-order valence-electron chi connectivity index (χ0n) is 11.0. The summed E-state index contributed by atoms with van der Waals surface area (Å²) in [7, 11) is 1.48. The Hall–Kier alpha value is -1.35.